The van der Waals surface area contributed by atoms with Crippen molar-refractivity contribution in [3.63, 3.8) is 0 Å². The molecule has 1 aromatic rings. The van der Waals surface area contributed by atoms with Crippen LogP contribution in [-0.2, 0) is 19.1 Å². The standard InChI is InChI=1S/C21H25Cl2NO5/c1-11(2)29-21(27)18-13(4)24(8-9-28-5)12(3)17(20(25)26)19(18)15-10-14(22)6-7-16(15)23/h6-7,10-11,19H,8-9H2,1-5H3,(H,25,26). The van der Waals surface area contributed by atoms with E-state index in [2.05, 4.69) is 0 Å². The number of ether oxygens (including phenoxy) is 2. The highest BCUT2D eigenvalue weighted by Crippen LogP contribution is 2.45. The molecule has 0 saturated carbocycles. The van der Waals surface area contributed by atoms with Crippen LogP contribution in [0.1, 0.15) is 39.2 Å². The Bertz CT molecular complexity index is 876. The first-order valence-corrected chi connectivity index (χ1v) is 9.92. The number of benzene rings is 1. The summed E-state index contributed by atoms with van der Waals surface area (Å²) in [5.74, 6) is -2.65. The number of allylic oxidation sites excluding steroid dienone is 2. The van der Waals surface area contributed by atoms with Crippen molar-refractivity contribution in [2.75, 3.05) is 20.3 Å². The average Bonchev–Trinajstić information content (AvgIpc) is 2.62. The molecule has 1 aromatic carbocycles. The molecule has 0 aromatic heterocycles. The van der Waals surface area contributed by atoms with Gasteiger partial charge in [0, 0.05) is 35.1 Å². The molecule has 0 bridgehead atoms. The van der Waals surface area contributed by atoms with Crippen molar-refractivity contribution in [1.82, 2.24) is 4.90 Å². The Kier molecular flexibility index (Phi) is 7.74. The second kappa shape index (κ2) is 9.65. The Morgan fingerprint density at radius 3 is 2.34 bits per heavy atom. The molecule has 1 N–H and O–H groups in total. The highest BCUT2D eigenvalue weighted by atomic mass is 35.5. The topological polar surface area (TPSA) is 76.1 Å². The number of carbonyl (C=O) groups is 2. The number of carboxylic acids is 1. The molecule has 1 atom stereocenters. The van der Waals surface area contributed by atoms with E-state index in [1.807, 2.05) is 0 Å². The van der Waals surface area contributed by atoms with E-state index in [0.717, 1.165) is 0 Å². The molecule has 29 heavy (non-hydrogen) atoms. The summed E-state index contributed by atoms with van der Waals surface area (Å²) in [5, 5.41) is 10.8. The molecule has 1 aliphatic heterocycles. The van der Waals surface area contributed by atoms with Gasteiger partial charge in [0.2, 0.25) is 0 Å². The molecule has 8 heteroatoms. The summed E-state index contributed by atoms with van der Waals surface area (Å²) in [6, 6.07) is 4.79. The van der Waals surface area contributed by atoms with Crippen LogP contribution in [0.4, 0.5) is 0 Å². The highest BCUT2D eigenvalue weighted by Gasteiger charge is 2.41. The van der Waals surface area contributed by atoms with E-state index in [1.165, 1.54) is 0 Å². The van der Waals surface area contributed by atoms with Gasteiger partial charge in [-0.2, -0.15) is 0 Å². The van der Waals surface area contributed by atoms with Gasteiger partial charge in [-0.1, -0.05) is 23.2 Å². The monoisotopic (exact) mass is 441 g/mol. The summed E-state index contributed by atoms with van der Waals surface area (Å²) in [6.07, 6.45) is -0.369. The predicted molar refractivity (Wildman–Crippen MR) is 112 cm³/mol. The molecule has 0 amide bonds. The first-order chi connectivity index (χ1) is 13.6. The molecule has 0 fully saturated rings. The number of hydrogen-bond acceptors (Lipinski definition) is 5. The Morgan fingerprint density at radius 2 is 1.79 bits per heavy atom. The third-order valence-electron chi connectivity index (χ3n) is 4.75. The van der Waals surface area contributed by atoms with Crippen molar-refractivity contribution in [2.24, 2.45) is 0 Å². The van der Waals surface area contributed by atoms with Crippen LogP contribution in [0.5, 0.6) is 0 Å². The second-order valence-electron chi connectivity index (χ2n) is 7.00. The molecular formula is C21H25Cl2NO5. The Hall–Kier alpha value is -2.02. The van der Waals surface area contributed by atoms with E-state index in [4.69, 9.17) is 32.7 Å². The van der Waals surface area contributed by atoms with Crippen molar-refractivity contribution < 1.29 is 24.2 Å². The van der Waals surface area contributed by atoms with Gasteiger partial charge >= 0.3 is 11.9 Å². The van der Waals surface area contributed by atoms with Crippen LogP contribution >= 0.6 is 23.2 Å². The minimum Gasteiger partial charge on any atom is -0.478 e. The van der Waals surface area contributed by atoms with Crippen LogP contribution in [0.2, 0.25) is 10.0 Å². The lowest BCUT2D eigenvalue weighted by atomic mass is 9.79. The molecule has 0 aliphatic carbocycles. The summed E-state index contributed by atoms with van der Waals surface area (Å²) < 4.78 is 10.6. The number of carbonyl (C=O) groups excluding carboxylic acids is 1. The summed E-state index contributed by atoms with van der Waals surface area (Å²) >= 11 is 12.6. The number of esters is 1. The lowest BCUT2D eigenvalue weighted by Crippen LogP contribution is -2.36. The number of nitrogens with zero attached hydrogens (tertiary/aromatic N) is 1. The van der Waals surface area contributed by atoms with Gasteiger partial charge in [0.05, 0.1) is 29.8 Å². The maximum atomic E-state index is 13.1. The summed E-state index contributed by atoms with van der Waals surface area (Å²) in [6.45, 7) is 7.69. The minimum atomic E-state index is -1.15. The van der Waals surface area contributed by atoms with Crippen molar-refractivity contribution in [1.29, 1.82) is 0 Å². The second-order valence-corrected chi connectivity index (χ2v) is 7.84. The van der Waals surface area contributed by atoms with Crippen molar-refractivity contribution in [2.45, 2.75) is 39.7 Å². The fourth-order valence-corrected chi connectivity index (χ4v) is 3.90. The number of aliphatic carboxylic acids is 1. The number of halogens is 2. The van der Waals surface area contributed by atoms with Gasteiger partial charge < -0.3 is 19.5 Å². The average molecular weight is 442 g/mol. The van der Waals surface area contributed by atoms with Gasteiger partial charge in [-0.15, -0.1) is 0 Å². The van der Waals surface area contributed by atoms with Crippen LogP contribution in [0, 0.1) is 0 Å². The van der Waals surface area contributed by atoms with Gasteiger partial charge in [-0.05, 0) is 51.5 Å². The van der Waals surface area contributed by atoms with Gasteiger partial charge in [0.15, 0.2) is 0 Å². The molecule has 158 valence electrons. The van der Waals surface area contributed by atoms with Crippen molar-refractivity contribution in [3.05, 3.63) is 56.3 Å². The van der Waals surface area contributed by atoms with E-state index in [1.54, 1.807) is 57.9 Å². The van der Waals surface area contributed by atoms with Crippen molar-refractivity contribution in [3.8, 4) is 0 Å². The molecule has 0 spiro atoms. The Balaban J connectivity index is 2.79. The zero-order valence-corrected chi connectivity index (χ0v) is 18.6. The van der Waals surface area contributed by atoms with Gasteiger partial charge in [-0.25, -0.2) is 9.59 Å². The summed E-state index contributed by atoms with van der Waals surface area (Å²) in [7, 11) is 1.56. The van der Waals surface area contributed by atoms with E-state index < -0.39 is 17.9 Å². The molecule has 0 radical (unpaired) electrons. The molecule has 6 nitrogen and oxygen atoms in total. The fraction of sp³-hybridized carbons (Fsp3) is 0.429. The maximum absolute atomic E-state index is 13.1. The number of hydrogen-bond donors (Lipinski definition) is 1. The van der Waals surface area contributed by atoms with Gasteiger partial charge in [0.25, 0.3) is 0 Å². The van der Waals surface area contributed by atoms with Crippen LogP contribution in [0.25, 0.3) is 0 Å². The lowest BCUT2D eigenvalue weighted by Gasteiger charge is -2.37. The lowest BCUT2D eigenvalue weighted by molar-refractivity contribution is -0.143. The fourth-order valence-electron chi connectivity index (χ4n) is 3.49. The molecular weight excluding hydrogens is 417 g/mol. The summed E-state index contributed by atoms with van der Waals surface area (Å²) in [5.41, 5.74) is 1.82. The summed E-state index contributed by atoms with van der Waals surface area (Å²) in [4.78, 5) is 27.1. The third kappa shape index (κ3) is 4.94. The van der Waals surface area contributed by atoms with E-state index in [0.29, 0.717) is 40.2 Å². The quantitative estimate of drug-likeness (QED) is 0.621. The SMILES string of the molecule is COCCN1C(C)=C(C(=O)O)C(c2cc(Cl)ccc2Cl)C(C(=O)OC(C)C)=C1C. The first kappa shape index (κ1) is 23.3. The molecule has 1 heterocycles. The number of rotatable bonds is 7. The zero-order valence-electron chi connectivity index (χ0n) is 17.1. The Labute approximate surface area is 180 Å². The maximum Gasteiger partial charge on any atom is 0.337 e. The molecule has 1 aliphatic rings. The molecule has 0 saturated heterocycles. The van der Waals surface area contributed by atoms with Crippen LogP contribution in [-0.4, -0.2) is 48.3 Å². The van der Waals surface area contributed by atoms with Gasteiger partial charge in [0.1, 0.15) is 0 Å². The number of carboxylic acid groups (broad SMARTS) is 1. The molecule has 2 rings (SSSR count). The van der Waals surface area contributed by atoms with Crippen LogP contribution in [0.3, 0.4) is 0 Å². The molecule has 1 unspecified atom stereocenters. The third-order valence-corrected chi connectivity index (χ3v) is 5.33. The first-order valence-electron chi connectivity index (χ1n) is 9.17. The van der Waals surface area contributed by atoms with Crippen LogP contribution in [0.15, 0.2) is 40.7 Å². The zero-order chi connectivity index (χ0) is 21.9. The largest absolute Gasteiger partial charge is 0.478 e. The number of methoxy groups -OCH3 is 1. The normalized spacial score (nSPS) is 17.2. The van der Waals surface area contributed by atoms with E-state index in [9.17, 15) is 14.7 Å². The highest BCUT2D eigenvalue weighted by molar-refractivity contribution is 6.33. The predicted octanol–water partition coefficient (Wildman–Crippen LogP) is 4.62. The van der Waals surface area contributed by atoms with Crippen molar-refractivity contribution >= 4 is 35.1 Å². The van der Waals surface area contributed by atoms with E-state index in [-0.39, 0.29) is 17.3 Å². The van der Waals surface area contributed by atoms with E-state index >= 15 is 0 Å². The van der Waals surface area contributed by atoms with Crippen LogP contribution < -0.4 is 0 Å². The smallest absolute Gasteiger partial charge is 0.337 e. The minimum absolute atomic E-state index is 0.0478. The van der Waals surface area contributed by atoms with Gasteiger partial charge in [-0.3, -0.25) is 0 Å². The Morgan fingerprint density at radius 1 is 1.17 bits per heavy atom.